The fraction of sp³-hybridized carbons (Fsp3) is 0. The van der Waals surface area contributed by atoms with E-state index in [0.29, 0.717) is 9.59 Å². The minimum Gasteiger partial charge on any atom is 0 e. The molecule has 0 amide bonds. The maximum Gasteiger partial charge on any atom is 0 e. The second-order valence-corrected chi connectivity index (χ2v) is 1.06. The van der Waals surface area contributed by atoms with Crippen LogP contribution in [0.5, 0.6) is 0 Å². The van der Waals surface area contributed by atoms with Gasteiger partial charge in [-0.1, -0.05) is 0 Å². The fourth-order valence-electron chi connectivity index (χ4n) is 0. The normalized spacial score (nSPS) is 2.40. The van der Waals surface area contributed by atoms with Gasteiger partial charge in [-0.05, 0) is 0 Å². The van der Waals surface area contributed by atoms with Gasteiger partial charge in [0.25, 0.3) is 0 Å². The summed E-state index contributed by atoms with van der Waals surface area (Å²) < 4.78 is 8.79. The van der Waals surface area contributed by atoms with E-state index >= 15 is 0 Å². The van der Waals surface area contributed by atoms with Crippen molar-refractivity contribution in [3.8, 4) is 0 Å². The largest absolute Gasteiger partial charge is 0 e. The summed E-state index contributed by atoms with van der Waals surface area (Å²) in [5.74, 6) is 0. The van der Waals surface area contributed by atoms with Crippen LogP contribution in [0.2, 0.25) is 0 Å². The molecule has 0 saturated heterocycles. The Morgan fingerprint density at radius 2 is 1.60 bits per heavy atom. The Morgan fingerprint density at radius 1 is 1.60 bits per heavy atom. The SMILES string of the molecule is Cl.O=S=[Se].[Li]. The first-order valence-corrected chi connectivity index (χ1v) is 3.10. The monoisotopic (exact) mass is 171 g/mol. The predicted molar refractivity (Wildman–Crippen MR) is 26.9 cm³/mol. The molecular weight excluding hydrogens is 169 g/mol. The smallest absolute Gasteiger partial charge is 0 e. The zero-order chi connectivity index (χ0) is 2.71. The molecule has 1 radical (unpaired) electrons. The van der Waals surface area contributed by atoms with Crippen LogP contribution in [0.25, 0.3) is 0 Å². The molecule has 0 aromatic heterocycles. The third-order valence-corrected chi connectivity index (χ3v) is 0. The van der Waals surface area contributed by atoms with Crippen LogP contribution < -0.4 is 0 Å². The van der Waals surface area contributed by atoms with Crippen molar-refractivity contribution in [2.24, 2.45) is 0 Å². The Hall–Kier alpha value is 1.43. The van der Waals surface area contributed by atoms with Crippen molar-refractivity contribution in [3.05, 3.63) is 0 Å². The van der Waals surface area contributed by atoms with Crippen LogP contribution in [0.3, 0.4) is 0 Å². The summed E-state index contributed by atoms with van der Waals surface area (Å²) in [6.07, 6.45) is 0. The van der Waals surface area contributed by atoms with Gasteiger partial charge in [0.05, 0.1) is 0 Å². The molecule has 27 valence electrons. The molecule has 0 heterocycles. The average Bonchev–Trinajstić information content (AvgIpc) is 0.918. The molecule has 5 heavy (non-hydrogen) atoms. The van der Waals surface area contributed by atoms with Crippen molar-refractivity contribution in [3.63, 3.8) is 0 Å². The summed E-state index contributed by atoms with van der Waals surface area (Å²) in [4.78, 5) is 0. The van der Waals surface area contributed by atoms with E-state index in [2.05, 4.69) is 14.4 Å². The Kier molecular flexibility index (Phi) is 58.2. The summed E-state index contributed by atoms with van der Waals surface area (Å²) >= 11 is 2.17. The van der Waals surface area contributed by atoms with Gasteiger partial charge in [0.15, 0.2) is 0 Å². The topological polar surface area (TPSA) is 17.1 Å². The molecule has 0 saturated carbocycles. The second kappa shape index (κ2) is 18.1. The summed E-state index contributed by atoms with van der Waals surface area (Å²) in [6, 6.07) is 0. The van der Waals surface area contributed by atoms with Crippen molar-refractivity contribution in [2.75, 3.05) is 0 Å². The molecule has 0 N–H and O–H groups in total. The zero-order valence-electron chi connectivity index (χ0n) is 2.63. The maximum absolute atomic E-state index is 8.79. The van der Waals surface area contributed by atoms with Crippen molar-refractivity contribution in [1.82, 2.24) is 0 Å². The molecule has 0 bridgehead atoms. The van der Waals surface area contributed by atoms with Crippen molar-refractivity contribution in [1.29, 1.82) is 0 Å². The van der Waals surface area contributed by atoms with Crippen LogP contribution in [0, 0.1) is 0 Å². The molecule has 0 aliphatic rings. The number of rotatable bonds is 0. The standard InChI is InChI=1S/ClH.Li.OSSe/c;;1-2-3/h1H;;. The summed E-state index contributed by atoms with van der Waals surface area (Å²) in [5, 5.41) is 0. The van der Waals surface area contributed by atoms with Gasteiger partial charge in [0.1, 0.15) is 0 Å². The Labute approximate surface area is 59.2 Å². The molecule has 0 aromatic rings. The van der Waals surface area contributed by atoms with Gasteiger partial charge in [-0.2, -0.15) is 0 Å². The Morgan fingerprint density at radius 3 is 1.60 bits per heavy atom. The first kappa shape index (κ1) is 16.1. The molecule has 5 heteroatoms. The third-order valence-electron chi connectivity index (χ3n) is 0. The molecule has 0 spiro atoms. The Balaban J connectivity index is -0.0000000200. The van der Waals surface area contributed by atoms with E-state index in [0.717, 1.165) is 0 Å². The fourth-order valence-corrected chi connectivity index (χ4v) is 0. The summed E-state index contributed by atoms with van der Waals surface area (Å²) in [5.41, 5.74) is 0. The van der Waals surface area contributed by atoms with Gasteiger partial charge in [-0.25, -0.2) is 0 Å². The maximum atomic E-state index is 8.79. The predicted octanol–water partition coefficient (Wildman–Crippen LogP) is -0.676. The second-order valence-electron chi connectivity index (χ2n) is 0.0680. The van der Waals surface area contributed by atoms with Crippen molar-refractivity contribution < 1.29 is 4.21 Å². The molecule has 0 aromatic carbocycles. The molecular formula is HClLiOSSe. The quantitative estimate of drug-likeness (QED) is 0.441. The number of hydrogen-bond acceptors (Lipinski definition) is 1. The molecule has 0 rings (SSSR count). The Bertz CT molecular complexity index is 32.6. The average molecular weight is 170 g/mol. The molecule has 0 aliphatic heterocycles. The number of hydrogen-bond donors (Lipinski definition) is 0. The van der Waals surface area contributed by atoms with Crippen LogP contribution in [-0.4, -0.2) is 37.5 Å². The van der Waals surface area contributed by atoms with Crippen LogP contribution in [0.4, 0.5) is 0 Å². The molecule has 0 aliphatic carbocycles. The van der Waals surface area contributed by atoms with Gasteiger partial charge < -0.3 is 0 Å². The van der Waals surface area contributed by atoms with E-state index in [1.807, 2.05) is 0 Å². The molecule has 0 unspecified atom stereocenters. The van der Waals surface area contributed by atoms with Gasteiger partial charge in [-0.15, -0.1) is 12.4 Å². The van der Waals surface area contributed by atoms with Crippen molar-refractivity contribution in [2.45, 2.75) is 0 Å². The van der Waals surface area contributed by atoms with Gasteiger partial charge in [0, 0.05) is 18.9 Å². The van der Waals surface area contributed by atoms with E-state index in [9.17, 15) is 0 Å². The van der Waals surface area contributed by atoms with E-state index in [4.69, 9.17) is 4.21 Å². The van der Waals surface area contributed by atoms with Crippen LogP contribution in [0.15, 0.2) is 0 Å². The summed E-state index contributed by atoms with van der Waals surface area (Å²) in [6.45, 7) is 0. The minimum absolute atomic E-state index is 0. The van der Waals surface area contributed by atoms with E-state index in [1.165, 1.54) is 0 Å². The molecule has 0 atom stereocenters. The van der Waals surface area contributed by atoms with Crippen molar-refractivity contribution >= 4 is 55.2 Å². The van der Waals surface area contributed by atoms with E-state index < -0.39 is 0 Å². The van der Waals surface area contributed by atoms with Gasteiger partial charge >= 0.3 is 28.2 Å². The molecule has 0 fully saturated rings. The first-order valence-electron chi connectivity index (χ1n) is 0.333. The van der Waals surface area contributed by atoms with Crippen LogP contribution >= 0.6 is 12.4 Å². The summed E-state index contributed by atoms with van der Waals surface area (Å²) in [7, 11) is 0.375. The first-order chi connectivity index (χ1) is 1.41. The van der Waals surface area contributed by atoms with Gasteiger partial charge in [-0.3, -0.25) is 0 Å². The minimum atomic E-state index is 0. The van der Waals surface area contributed by atoms with E-state index in [1.54, 1.807) is 0 Å². The third kappa shape index (κ3) is 31.3. The molecule has 1 nitrogen and oxygen atoms in total. The van der Waals surface area contributed by atoms with Crippen LogP contribution in [-0.2, 0) is 9.59 Å². The van der Waals surface area contributed by atoms with Crippen LogP contribution in [0.1, 0.15) is 0 Å². The zero-order valence-corrected chi connectivity index (χ0v) is 5.98. The van der Waals surface area contributed by atoms with Gasteiger partial charge in [0.2, 0.25) is 0 Å². The number of halogens is 1. The van der Waals surface area contributed by atoms with E-state index in [-0.39, 0.29) is 31.3 Å².